The summed E-state index contributed by atoms with van der Waals surface area (Å²) in [4.78, 5) is 26.0. The number of halogens is 2. The van der Waals surface area contributed by atoms with E-state index in [4.69, 9.17) is 11.6 Å². The molecule has 0 aromatic heterocycles. The summed E-state index contributed by atoms with van der Waals surface area (Å²) in [5, 5.41) is 2.68. The monoisotopic (exact) mass is 312 g/mol. The van der Waals surface area contributed by atoms with Crippen LogP contribution in [0.5, 0.6) is 0 Å². The Balaban J connectivity index is 2.35. The predicted molar refractivity (Wildman–Crippen MR) is 78.3 cm³/mol. The number of carbonyl (C=O) groups is 2. The second kappa shape index (κ2) is 6.02. The van der Waals surface area contributed by atoms with Crippen molar-refractivity contribution in [2.45, 2.75) is 38.8 Å². The van der Waals surface area contributed by atoms with Crippen LogP contribution in [0.4, 0.5) is 4.39 Å². The Hall–Kier alpha value is -1.62. The van der Waals surface area contributed by atoms with E-state index in [-0.39, 0.29) is 29.9 Å². The first kappa shape index (κ1) is 15.8. The maximum atomic E-state index is 13.5. The van der Waals surface area contributed by atoms with Crippen LogP contribution in [-0.2, 0) is 16.1 Å². The van der Waals surface area contributed by atoms with Crippen LogP contribution in [0.15, 0.2) is 18.2 Å². The zero-order chi connectivity index (χ0) is 15.6. The minimum atomic E-state index is -0.870. The lowest BCUT2D eigenvalue weighted by molar-refractivity contribution is -0.155. The maximum absolute atomic E-state index is 13.5. The minimum absolute atomic E-state index is 0.0172. The third-order valence-electron chi connectivity index (χ3n) is 4.14. The second-order valence-electron chi connectivity index (χ2n) is 5.15. The van der Waals surface area contributed by atoms with Crippen molar-refractivity contribution in [3.63, 3.8) is 0 Å². The summed E-state index contributed by atoms with van der Waals surface area (Å²) in [5.41, 5.74) is -0.253. The first-order valence-corrected chi connectivity index (χ1v) is 7.35. The van der Waals surface area contributed by atoms with Crippen molar-refractivity contribution in [1.82, 2.24) is 10.2 Å². The first-order chi connectivity index (χ1) is 9.94. The van der Waals surface area contributed by atoms with Gasteiger partial charge in [-0.25, -0.2) is 4.39 Å². The van der Waals surface area contributed by atoms with Gasteiger partial charge in [-0.1, -0.05) is 31.5 Å². The van der Waals surface area contributed by atoms with Crippen LogP contribution in [0.1, 0.15) is 32.3 Å². The molecule has 2 rings (SSSR count). The molecular formula is C15H18ClFN2O2. The van der Waals surface area contributed by atoms with E-state index >= 15 is 0 Å². The number of rotatable bonds is 4. The zero-order valence-electron chi connectivity index (χ0n) is 12.1. The fourth-order valence-corrected chi connectivity index (χ4v) is 2.91. The molecule has 0 radical (unpaired) electrons. The van der Waals surface area contributed by atoms with Gasteiger partial charge in [0.05, 0.1) is 11.6 Å². The Morgan fingerprint density at radius 3 is 2.57 bits per heavy atom. The highest BCUT2D eigenvalue weighted by atomic mass is 35.5. The molecule has 1 aromatic rings. The molecule has 114 valence electrons. The number of piperazine rings is 1. The third-order valence-corrected chi connectivity index (χ3v) is 4.44. The van der Waals surface area contributed by atoms with Crippen molar-refractivity contribution in [1.29, 1.82) is 0 Å². The number of benzene rings is 1. The lowest BCUT2D eigenvalue weighted by Gasteiger charge is -2.45. The van der Waals surface area contributed by atoms with E-state index < -0.39 is 11.4 Å². The molecule has 1 aromatic carbocycles. The molecule has 2 amide bonds. The summed E-state index contributed by atoms with van der Waals surface area (Å²) >= 11 is 5.67. The molecule has 1 saturated heterocycles. The van der Waals surface area contributed by atoms with Crippen LogP contribution < -0.4 is 5.32 Å². The van der Waals surface area contributed by atoms with Crippen molar-refractivity contribution in [3.8, 4) is 0 Å². The molecule has 1 aliphatic heterocycles. The summed E-state index contributed by atoms with van der Waals surface area (Å²) in [7, 11) is 0. The van der Waals surface area contributed by atoms with Crippen molar-refractivity contribution in [2.24, 2.45) is 0 Å². The molecule has 0 saturated carbocycles. The molecular weight excluding hydrogens is 295 g/mol. The van der Waals surface area contributed by atoms with Crippen molar-refractivity contribution >= 4 is 23.4 Å². The average Bonchev–Trinajstić information content (AvgIpc) is 2.48. The largest absolute Gasteiger partial charge is 0.345 e. The highest BCUT2D eigenvalue weighted by Gasteiger charge is 2.46. The van der Waals surface area contributed by atoms with Crippen LogP contribution in [0.2, 0.25) is 5.02 Å². The summed E-state index contributed by atoms with van der Waals surface area (Å²) < 4.78 is 13.5. The van der Waals surface area contributed by atoms with Gasteiger partial charge < -0.3 is 10.2 Å². The number of nitrogens with zero attached hydrogens (tertiary/aromatic N) is 1. The van der Waals surface area contributed by atoms with Crippen LogP contribution >= 0.6 is 11.6 Å². The fraction of sp³-hybridized carbons (Fsp3) is 0.467. The Morgan fingerprint density at radius 1 is 1.33 bits per heavy atom. The first-order valence-electron chi connectivity index (χ1n) is 6.97. The summed E-state index contributed by atoms with van der Waals surface area (Å²) in [6, 6.07) is 4.43. The second-order valence-corrected chi connectivity index (χ2v) is 5.56. The highest BCUT2D eigenvalue weighted by molar-refractivity contribution is 6.30. The molecule has 21 heavy (non-hydrogen) atoms. The Labute approximate surface area is 128 Å². The number of amides is 2. The van der Waals surface area contributed by atoms with E-state index in [0.717, 1.165) is 0 Å². The lowest BCUT2D eigenvalue weighted by Crippen LogP contribution is -2.66. The van der Waals surface area contributed by atoms with Crippen LogP contribution in [0.3, 0.4) is 0 Å². The van der Waals surface area contributed by atoms with Gasteiger partial charge in [-0.05, 0) is 30.5 Å². The molecule has 0 atom stereocenters. The Bertz CT molecular complexity index is 573. The number of hydrogen-bond donors (Lipinski definition) is 1. The zero-order valence-corrected chi connectivity index (χ0v) is 12.8. The molecule has 0 bridgehead atoms. The maximum Gasteiger partial charge on any atom is 0.246 e. The molecule has 1 aliphatic rings. The SMILES string of the molecule is CCC1(CC)C(=O)NCC(=O)N1Cc1ccc(Cl)c(F)c1. The smallest absolute Gasteiger partial charge is 0.246 e. The van der Waals surface area contributed by atoms with Crippen molar-refractivity contribution in [3.05, 3.63) is 34.6 Å². The van der Waals surface area contributed by atoms with Crippen molar-refractivity contribution < 1.29 is 14.0 Å². The molecule has 1 N–H and O–H groups in total. The van der Waals surface area contributed by atoms with Crippen LogP contribution in [-0.4, -0.2) is 28.8 Å². The normalized spacial score (nSPS) is 17.8. The standard InChI is InChI=1S/C15H18ClFN2O2/c1-3-15(4-2)14(21)18-8-13(20)19(15)9-10-5-6-11(16)12(17)7-10/h5-7H,3-4,8-9H2,1-2H3,(H,18,21). The van der Waals surface area contributed by atoms with Gasteiger partial charge in [-0.15, -0.1) is 0 Å². The highest BCUT2D eigenvalue weighted by Crippen LogP contribution is 2.29. The van der Waals surface area contributed by atoms with Gasteiger partial charge in [0.15, 0.2) is 0 Å². The summed E-state index contributed by atoms with van der Waals surface area (Å²) in [6.07, 6.45) is 1.02. The van der Waals surface area contributed by atoms with E-state index in [0.29, 0.717) is 18.4 Å². The Morgan fingerprint density at radius 2 is 2.00 bits per heavy atom. The lowest BCUT2D eigenvalue weighted by atomic mass is 9.87. The number of carbonyl (C=O) groups excluding carboxylic acids is 2. The van der Waals surface area contributed by atoms with Crippen LogP contribution in [0, 0.1) is 5.82 Å². The molecule has 6 heteroatoms. The van der Waals surface area contributed by atoms with Crippen LogP contribution in [0.25, 0.3) is 0 Å². The van der Waals surface area contributed by atoms with Gasteiger partial charge in [0, 0.05) is 6.54 Å². The van der Waals surface area contributed by atoms with Gasteiger partial charge in [0.1, 0.15) is 11.4 Å². The average molecular weight is 313 g/mol. The Kier molecular flexibility index (Phi) is 4.52. The van der Waals surface area contributed by atoms with Gasteiger partial charge in [-0.3, -0.25) is 9.59 Å². The third kappa shape index (κ3) is 2.75. The van der Waals surface area contributed by atoms with Crippen molar-refractivity contribution in [2.75, 3.05) is 6.54 Å². The molecule has 1 heterocycles. The summed E-state index contributed by atoms with van der Waals surface area (Å²) in [5.74, 6) is -0.836. The van der Waals surface area contributed by atoms with E-state index in [1.165, 1.54) is 12.1 Å². The predicted octanol–water partition coefficient (Wildman–Crippen LogP) is 2.50. The fourth-order valence-electron chi connectivity index (χ4n) is 2.79. The van der Waals surface area contributed by atoms with Gasteiger partial charge in [0.2, 0.25) is 11.8 Å². The minimum Gasteiger partial charge on any atom is -0.345 e. The van der Waals surface area contributed by atoms with Gasteiger partial charge in [0.25, 0.3) is 0 Å². The molecule has 0 aliphatic carbocycles. The van der Waals surface area contributed by atoms with E-state index in [1.54, 1.807) is 11.0 Å². The quantitative estimate of drug-likeness (QED) is 0.928. The van der Waals surface area contributed by atoms with E-state index in [9.17, 15) is 14.0 Å². The van der Waals surface area contributed by atoms with Gasteiger partial charge in [-0.2, -0.15) is 0 Å². The number of hydrogen-bond acceptors (Lipinski definition) is 2. The van der Waals surface area contributed by atoms with Gasteiger partial charge >= 0.3 is 0 Å². The van der Waals surface area contributed by atoms with E-state index in [1.807, 2.05) is 13.8 Å². The molecule has 0 unspecified atom stereocenters. The topological polar surface area (TPSA) is 49.4 Å². The molecule has 1 fully saturated rings. The molecule has 4 nitrogen and oxygen atoms in total. The summed E-state index contributed by atoms with van der Waals surface area (Å²) in [6.45, 7) is 3.92. The van der Waals surface area contributed by atoms with E-state index in [2.05, 4.69) is 5.32 Å². The number of nitrogens with one attached hydrogen (secondary N) is 1. The molecule has 0 spiro atoms.